The molecule has 3 rings (SSSR count). The van der Waals surface area contributed by atoms with Crippen LogP contribution in [0.4, 0.5) is 17.3 Å². The van der Waals surface area contributed by atoms with Gasteiger partial charge < -0.3 is 5.32 Å². The molecule has 3 aromatic rings. The average molecular weight is 364 g/mol. The van der Waals surface area contributed by atoms with E-state index in [0.717, 1.165) is 16.1 Å². The van der Waals surface area contributed by atoms with Crippen LogP contribution < -0.4 is 9.62 Å². The summed E-state index contributed by atoms with van der Waals surface area (Å²) in [6.07, 6.45) is 6.32. The zero-order valence-corrected chi connectivity index (χ0v) is 15.0. The standard InChI is InChI=1S/C14H16N6O2S2/c1-19(24(3,21)22)13-11(5-4-8-15-13)17-12-7-6-10-9-16-14(23-2)18-20(10)12/h4-9,17H,1-3H3. The summed E-state index contributed by atoms with van der Waals surface area (Å²) in [7, 11) is -1.95. The number of hydrogen-bond acceptors (Lipinski definition) is 7. The van der Waals surface area contributed by atoms with Gasteiger partial charge in [-0.25, -0.2) is 22.9 Å². The van der Waals surface area contributed by atoms with E-state index in [-0.39, 0.29) is 0 Å². The zero-order chi connectivity index (χ0) is 17.3. The smallest absolute Gasteiger partial charge is 0.233 e. The van der Waals surface area contributed by atoms with Crippen LogP contribution >= 0.6 is 11.8 Å². The first kappa shape index (κ1) is 16.5. The lowest BCUT2D eigenvalue weighted by molar-refractivity contribution is 0.600. The van der Waals surface area contributed by atoms with Crippen molar-refractivity contribution in [2.24, 2.45) is 0 Å². The molecule has 3 heterocycles. The first-order chi connectivity index (χ1) is 11.4. The van der Waals surface area contributed by atoms with Gasteiger partial charge >= 0.3 is 0 Å². The highest BCUT2D eigenvalue weighted by molar-refractivity contribution is 7.98. The van der Waals surface area contributed by atoms with Gasteiger partial charge in [-0.3, -0.25) is 4.31 Å². The van der Waals surface area contributed by atoms with E-state index in [2.05, 4.69) is 20.4 Å². The van der Waals surface area contributed by atoms with Gasteiger partial charge in [0, 0.05) is 13.2 Å². The molecular formula is C14H16N6O2S2. The first-order valence-corrected chi connectivity index (χ1v) is 10.0. The van der Waals surface area contributed by atoms with Crippen molar-refractivity contribution in [2.75, 3.05) is 29.2 Å². The van der Waals surface area contributed by atoms with Crippen molar-refractivity contribution in [3.63, 3.8) is 0 Å². The molecule has 126 valence electrons. The molecule has 0 saturated heterocycles. The molecule has 0 atom stereocenters. The van der Waals surface area contributed by atoms with Crippen molar-refractivity contribution in [3.8, 4) is 0 Å². The van der Waals surface area contributed by atoms with Crippen LogP contribution in [-0.4, -0.2) is 47.6 Å². The van der Waals surface area contributed by atoms with E-state index >= 15 is 0 Å². The van der Waals surface area contributed by atoms with Crippen molar-refractivity contribution >= 4 is 44.6 Å². The summed E-state index contributed by atoms with van der Waals surface area (Å²) in [5, 5.41) is 8.26. The molecule has 24 heavy (non-hydrogen) atoms. The lowest BCUT2D eigenvalue weighted by Gasteiger charge is -2.19. The quantitative estimate of drug-likeness (QED) is 0.692. The Morgan fingerprint density at radius 2 is 2.04 bits per heavy atom. The topological polar surface area (TPSA) is 92.5 Å². The summed E-state index contributed by atoms with van der Waals surface area (Å²) in [6, 6.07) is 7.23. The predicted octanol–water partition coefficient (Wildman–Crippen LogP) is 1.99. The fourth-order valence-corrected chi connectivity index (χ4v) is 2.90. The minimum absolute atomic E-state index is 0.314. The summed E-state index contributed by atoms with van der Waals surface area (Å²) >= 11 is 1.44. The van der Waals surface area contributed by atoms with E-state index < -0.39 is 10.0 Å². The molecule has 0 saturated carbocycles. The molecule has 0 aliphatic rings. The maximum absolute atomic E-state index is 11.8. The fourth-order valence-electron chi connectivity index (χ4n) is 2.12. The van der Waals surface area contributed by atoms with Crippen molar-refractivity contribution in [1.29, 1.82) is 0 Å². The van der Waals surface area contributed by atoms with Gasteiger partial charge in [-0.1, -0.05) is 11.8 Å². The minimum atomic E-state index is -3.42. The lowest BCUT2D eigenvalue weighted by atomic mass is 10.4. The Bertz CT molecular complexity index is 986. The highest BCUT2D eigenvalue weighted by Crippen LogP contribution is 2.27. The van der Waals surface area contributed by atoms with Crippen molar-refractivity contribution in [3.05, 3.63) is 36.7 Å². The highest BCUT2D eigenvalue weighted by Gasteiger charge is 2.18. The summed E-state index contributed by atoms with van der Waals surface area (Å²) < 4.78 is 26.5. The van der Waals surface area contributed by atoms with Crippen molar-refractivity contribution < 1.29 is 8.42 Å². The van der Waals surface area contributed by atoms with Gasteiger partial charge in [0.2, 0.25) is 15.2 Å². The molecule has 0 fully saturated rings. The Morgan fingerprint density at radius 3 is 2.75 bits per heavy atom. The van der Waals surface area contributed by atoms with Gasteiger partial charge in [0.15, 0.2) is 5.82 Å². The van der Waals surface area contributed by atoms with Gasteiger partial charge in [-0.15, -0.1) is 5.10 Å². The Kier molecular flexibility index (Phi) is 4.33. The third kappa shape index (κ3) is 3.15. The van der Waals surface area contributed by atoms with Crippen LogP contribution in [0.3, 0.4) is 0 Å². The van der Waals surface area contributed by atoms with Crippen LogP contribution in [0, 0.1) is 0 Å². The number of nitrogens with one attached hydrogen (secondary N) is 1. The maximum Gasteiger partial charge on any atom is 0.233 e. The average Bonchev–Trinajstić information content (AvgIpc) is 2.96. The lowest BCUT2D eigenvalue weighted by Crippen LogP contribution is -2.26. The largest absolute Gasteiger partial charge is 0.337 e. The number of fused-ring (bicyclic) bond motifs is 1. The number of pyridine rings is 1. The number of rotatable bonds is 5. The van der Waals surface area contributed by atoms with Crippen molar-refractivity contribution in [2.45, 2.75) is 5.16 Å². The SMILES string of the molecule is CSc1ncc2ccc(Nc3cccnc3N(C)S(C)(=O)=O)n2n1. The van der Waals surface area contributed by atoms with E-state index in [0.29, 0.717) is 22.5 Å². The van der Waals surface area contributed by atoms with Crippen molar-refractivity contribution in [1.82, 2.24) is 19.6 Å². The molecule has 3 aromatic heterocycles. The molecule has 8 nitrogen and oxygen atoms in total. The molecule has 0 unspecified atom stereocenters. The molecule has 1 N–H and O–H groups in total. The van der Waals surface area contributed by atoms with Crippen LogP contribution in [0.25, 0.3) is 5.52 Å². The van der Waals surface area contributed by atoms with E-state index in [1.807, 2.05) is 18.4 Å². The number of nitrogens with zero attached hydrogens (tertiary/aromatic N) is 5. The predicted molar refractivity (Wildman–Crippen MR) is 95.5 cm³/mol. The van der Waals surface area contributed by atoms with Gasteiger partial charge in [-0.2, -0.15) is 0 Å². The summed E-state index contributed by atoms with van der Waals surface area (Å²) in [5.74, 6) is 1.01. The van der Waals surface area contributed by atoms with E-state index in [4.69, 9.17) is 0 Å². The van der Waals surface area contributed by atoms with E-state index in [9.17, 15) is 8.42 Å². The van der Waals surface area contributed by atoms with E-state index in [1.165, 1.54) is 18.8 Å². The molecule has 0 amide bonds. The highest BCUT2D eigenvalue weighted by atomic mass is 32.2. The molecule has 0 aromatic carbocycles. The number of thioether (sulfide) groups is 1. The van der Waals surface area contributed by atoms with Crippen LogP contribution in [0.15, 0.2) is 41.8 Å². The summed E-state index contributed by atoms with van der Waals surface area (Å²) in [6.45, 7) is 0. The second kappa shape index (κ2) is 6.29. The molecule has 0 bridgehead atoms. The van der Waals surface area contributed by atoms with Gasteiger partial charge in [0.05, 0.1) is 23.7 Å². The monoisotopic (exact) mass is 364 g/mol. The summed E-state index contributed by atoms with van der Waals surface area (Å²) in [5.41, 5.74) is 1.40. The maximum atomic E-state index is 11.8. The molecular weight excluding hydrogens is 348 g/mol. The Morgan fingerprint density at radius 1 is 1.25 bits per heavy atom. The second-order valence-corrected chi connectivity index (χ2v) is 7.82. The van der Waals surface area contributed by atoms with Crippen LogP contribution in [0.1, 0.15) is 0 Å². The van der Waals surface area contributed by atoms with Gasteiger partial charge in [0.1, 0.15) is 5.82 Å². The molecule has 0 aliphatic carbocycles. The number of anilines is 3. The summed E-state index contributed by atoms with van der Waals surface area (Å²) in [4.78, 5) is 8.40. The minimum Gasteiger partial charge on any atom is -0.337 e. The molecule has 10 heteroatoms. The Balaban J connectivity index is 2.04. The van der Waals surface area contributed by atoms with Gasteiger partial charge in [0.25, 0.3) is 0 Å². The number of sulfonamides is 1. The zero-order valence-electron chi connectivity index (χ0n) is 13.3. The molecule has 0 aliphatic heterocycles. The van der Waals surface area contributed by atoms with Gasteiger partial charge in [-0.05, 0) is 30.5 Å². The van der Waals surface area contributed by atoms with E-state index in [1.54, 1.807) is 29.0 Å². The Hall–Kier alpha value is -2.33. The second-order valence-electron chi connectivity index (χ2n) is 5.03. The third-order valence-electron chi connectivity index (χ3n) is 3.41. The molecule has 0 spiro atoms. The molecule has 0 radical (unpaired) electrons. The first-order valence-electron chi connectivity index (χ1n) is 6.95. The Labute approximate surface area is 144 Å². The fraction of sp³-hybridized carbons (Fsp3) is 0.214. The third-order valence-corrected chi connectivity index (χ3v) is 5.13. The number of aromatic nitrogens is 4. The number of hydrogen-bond donors (Lipinski definition) is 1. The van der Waals surface area contributed by atoms with Crippen LogP contribution in [0.2, 0.25) is 0 Å². The van der Waals surface area contributed by atoms with Crippen LogP contribution in [0.5, 0.6) is 0 Å². The van der Waals surface area contributed by atoms with Crippen LogP contribution in [-0.2, 0) is 10.0 Å². The normalized spacial score (nSPS) is 11.6.